The van der Waals surface area contributed by atoms with Gasteiger partial charge < -0.3 is 15.4 Å². The Labute approximate surface area is 124 Å². The largest absolute Gasteiger partial charge is 0.450 e. The van der Waals surface area contributed by atoms with E-state index in [1.807, 2.05) is 13.0 Å². The maximum Gasteiger partial charge on any atom is 0.407 e. The lowest BCUT2D eigenvalue weighted by Crippen LogP contribution is -2.47. The molecule has 1 unspecified atom stereocenters. The van der Waals surface area contributed by atoms with Crippen molar-refractivity contribution in [1.29, 1.82) is 5.26 Å². The van der Waals surface area contributed by atoms with Crippen molar-refractivity contribution in [3.8, 4) is 6.07 Å². The van der Waals surface area contributed by atoms with Gasteiger partial charge in [-0.25, -0.2) is 13.2 Å². The normalized spacial score (nSPS) is 12.0. The maximum atomic E-state index is 11.7. The minimum atomic E-state index is -3.69. The van der Waals surface area contributed by atoms with E-state index in [4.69, 9.17) is 10.00 Å². The van der Waals surface area contributed by atoms with Gasteiger partial charge in [-0.2, -0.15) is 5.26 Å². The van der Waals surface area contributed by atoms with Crippen molar-refractivity contribution in [1.82, 2.24) is 10.6 Å². The highest BCUT2D eigenvalue weighted by Crippen LogP contribution is 1.99. The number of rotatable bonds is 9. The van der Waals surface area contributed by atoms with E-state index in [-0.39, 0.29) is 26.1 Å². The topological polar surface area (TPSA) is 125 Å². The summed E-state index contributed by atoms with van der Waals surface area (Å²) in [6, 6.07) is 1.83. The van der Waals surface area contributed by atoms with Gasteiger partial charge in [0.05, 0.1) is 19.1 Å². The van der Waals surface area contributed by atoms with E-state index in [0.717, 1.165) is 12.7 Å². The van der Waals surface area contributed by atoms with Gasteiger partial charge in [-0.05, 0) is 6.42 Å². The summed E-state index contributed by atoms with van der Waals surface area (Å²) in [5, 5.41) is 11.5. The van der Waals surface area contributed by atoms with Crippen LogP contribution in [0.15, 0.2) is 0 Å². The average molecular weight is 319 g/mol. The number of hydrogen-bond acceptors (Lipinski definition) is 6. The Morgan fingerprint density at radius 1 is 1.33 bits per heavy atom. The monoisotopic (exact) mass is 319 g/mol. The van der Waals surface area contributed by atoms with Gasteiger partial charge in [0, 0.05) is 19.3 Å². The lowest BCUT2D eigenvalue weighted by molar-refractivity contribution is -0.120. The minimum Gasteiger partial charge on any atom is -0.450 e. The van der Waals surface area contributed by atoms with E-state index in [0.29, 0.717) is 6.42 Å². The number of sulfone groups is 1. The van der Waals surface area contributed by atoms with Gasteiger partial charge in [0.15, 0.2) is 15.1 Å². The molecular formula is C12H21N3O5S. The lowest BCUT2D eigenvalue weighted by Gasteiger charge is -2.15. The zero-order chi connectivity index (χ0) is 16.3. The van der Waals surface area contributed by atoms with Gasteiger partial charge in [-0.3, -0.25) is 4.79 Å². The van der Waals surface area contributed by atoms with Crippen LogP contribution in [0.1, 0.15) is 26.2 Å². The van der Waals surface area contributed by atoms with Gasteiger partial charge in [0.25, 0.3) is 0 Å². The van der Waals surface area contributed by atoms with Gasteiger partial charge in [-0.1, -0.05) is 13.3 Å². The third-order valence-corrected chi connectivity index (χ3v) is 3.92. The number of nitrogens with one attached hydrogen (secondary N) is 2. The van der Waals surface area contributed by atoms with Crippen LogP contribution in [-0.2, 0) is 19.4 Å². The van der Waals surface area contributed by atoms with Crippen LogP contribution in [0.2, 0.25) is 0 Å². The zero-order valence-electron chi connectivity index (χ0n) is 12.2. The van der Waals surface area contributed by atoms with E-state index >= 15 is 0 Å². The third kappa shape index (κ3) is 8.86. The first-order valence-electron chi connectivity index (χ1n) is 6.57. The molecule has 0 rings (SSSR count). The molecule has 0 bridgehead atoms. The summed E-state index contributed by atoms with van der Waals surface area (Å²) < 4.78 is 27.9. The number of hydrogen-bond donors (Lipinski definition) is 2. The van der Waals surface area contributed by atoms with Crippen LogP contribution in [0.5, 0.6) is 0 Å². The first-order valence-corrected chi connectivity index (χ1v) is 8.52. The molecule has 0 radical (unpaired) electrons. The predicted octanol–water partition coefficient (Wildman–Crippen LogP) is -0.0442. The number of unbranched alkanes of at least 4 members (excludes halogenated alkanes) is 1. The van der Waals surface area contributed by atoms with E-state index in [9.17, 15) is 18.0 Å². The van der Waals surface area contributed by atoms with Crippen molar-refractivity contribution in [3.63, 3.8) is 0 Å². The molecule has 0 aromatic rings. The highest BCUT2D eigenvalue weighted by atomic mass is 32.2. The quantitative estimate of drug-likeness (QED) is 0.574. The van der Waals surface area contributed by atoms with Gasteiger partial charge >= 0.3 is 6.09 Å². The van der Waals surface area contributed by atoms with E-state index in [2.05, 4.69) is 10.6 Å². The molecule has 9 heteroatoms. The molecule has 21 heavy (non-hydrogen) atoms. The number of carbonyl (C=O) groups is 2. The number of nitrogens with zero attached hydrogens (tertiary/aromatic N) is 1. The second kappa shape index (κ2) is 9.99. The Morgan fingerprint density at radius 2 is 2.00 bits per heavy atom. The number of nitriles is 1. The molecule has 0 spiro atoms. The van der Waals surface area contributed by atoms with Gasteiger partial charge in [0.1, 0.15) is 0 Å². The smallest absolute Gasteiger partial charge is 0.407 e. The molecule has 0 aliphatic heterocycles. The molecule has 0 fully saturated rings. The molecule has 0 aliphatic rings. The molecule has 120 valence electrons. The Balaban J connectivity index is 4.42. The first-order chi connectivity index (χ1) is 9.82. The lowest BCUT2D eigenvalue weighted by atomic mass is 10.3. The number of amides is 2. The Hall–Kier alpha value is -1.82. The molecule has 0 aromatic carbocycles. The summed E-state index contributed by atoms with van der Waals surface area (Å²) >= 11 is 0. The summed E-state index contributed by atoms with van der Waals surface area (Å²) in [5.74, 6) is -0.749. The van der Waals surface area contributed by atoms with Crippen molar-refractivity contribution in [2.75, 3.05) is 26.0 Å². The fourth-order valence-corrected chi connectivity index (χ4v) is 2.19. The van der Waals surface area contributed by atoms with Crippen molar-refractivity contribution < 1.29 is 22.7 Å². The van der Waals surface area contributed by atoms with E-state index in [1.54, 1.807) is 0 Å². The maximum absolute atomic E-state index is 11.7. The second-order valence-electron chi connectivity index (χ2n) is 4.39. The molecule has 0 aliphatic carbocycles. The summed E-state index contributed by atoms with van der Waals surface area (Å²) in [7, 11) is -3.69. The van der Waals surface area contributed by atoms with Crippen molar-refractivity contribution in [2.45, 2.75) is 31.4 Å². The number of ether oxygens (including phenoxy) is 1. The van der Waals surface area contributed by atoms with Crippen LogP contribution < -0.4 is 10.6 Å². The van der Waals surface area contributed by atoms with Crippen LogP contribution in [0.4, 0.5) is 4.79 Å². The Bertz CT molecular complexity index is 484. The molecule has 8 nitrogen and oxygen atoms in total. The molecule has 1 atom stereocenters. The molecule has 0 heterocycles. The summed E-state index contributed by atoms with van der Waals surface area (Å²) in [6.07, 6.45) is 1.79. The summed E-state index contributed by atoms with van der Waals surface area (Å²) in [5.41, 5.74) is 0. The van der Waals surface area contributed by atoms with E-state index in [1.165, 1.54) is 0 Å². The number of alkyl carbamates (subject to hydrolysis) is 1. The SMILES string of the molecule is CCCCOC(=O)NCC(C(=O)NCCC#N)S(C)(=O)=O. The molecule has 0 aromatic heterocycles. The van der Waals surface area contributed by atoms with Crippen molar-refractivity contribution in [3.05, 3.63) is 0 Å². The van der Waals surface area contributed by atoms with Crippen molar-refractivity contribution in [2.24, 2.45) is 0 Å². The summed E-state index contributed by atoms with van der Waals surface area (Å²) in [4.78, 5) is 23.1. The van der Waals surface area contributed by atoms with Crippen molar-refractivity contribution >= 4 is 21.8 Å². The Morgan fingerprint density at radius 3 is 2.52 bits per heavy atom. The fourth-order valence-electron chi connectivity index (χ4n) is 1.33. The van der Waals surface area contributed by atoms with Crippen LogP contribution in [0.25, 0.3) is 0 Å². The van der Waals surface area contributed by atoms with Crippen LogP contribution in [-0.4, -0.2) is 51.6 Å². The average Bonchev–Trinajstić information content (AvgIpc) is 2.38. The summed E-state index contributed by atoms with van der Waals surface area (Å²) in [6.45, 7) is 1.86. The molecule has 0 saturated carbocycles. The van der Waals surface area contributed by atoms with E-state index < -0.39 is 27.1 Å². The Kier molecular flexibility index (Phi) is 9.12. The van der Waals surface area contributed by atoms with Crippen LogP contribution in [0.3, 0.4) is 0 Å². The second-order valence-corrected chi connectivity index (χ2v) is 6.62. The van der Waals surface area contributed by atoms with Crippen LogP contribution in [0, 0.1) is 11.3 Å². The molecule has 2 N–H and O–H groups in total. The highest BCUT2D eigenvalue weighted by molar-refractivity contribution is 7.92. The minimum absolute atomic E-state index is 0.0578. The predicted molar refractivity (Wildman–Crippen MR) is 76.1 cm³/mol. The van der Waals surface area contributed by atoms with Crippen LogP contribution >= 0.6 is 0 Å². The zero-order valence-corrected chi connectivity index (χ0v) is 13.0. The molecule has 0 saturated heterocycles. The molecular weight excluding hydrogens is 298 g/mol. The first kappa shape index (κ1) is 19.2. The third-order valence-electron chi connectivity index (χ3n) is 2.51. The van der Waals surface area contributed by atoms with Gasteiger partial charge in [0.2, 0.25) is 5.91 Å². The highest BCUT2D eigenvalue weighted by Gasteiger charge is 2.29. The van der Waals surface area contributed by atoms with Gasteiger partial charge in [-0.15, -0.1) is 0 Å². The fraction of sp³-hybridized carbons (Fsp3) is 0.750. The molecule has 2 amide bonds. The standard InChI is InChI=1S/C12H21N3O5S/c1-3-4-8-20-12(17)15-9-10(21(2,18)19)11(16)14-7-5-6-13/h10H,3-5,7-9H2,1-2H3,(H,14,16)(H,15,17). The number of carbonyl (C=O) groups excluding carboxylic acids is 2.